The lowest BCUT2D eigenvalue weighted by molar-refractivity contribution is 0.0946. The van der Waals surface area contributed by atoms with Crippen molar-refractivity contribution >= 4 is 5.91 Å². The summed E-state index contributed by atoms with van der Waals surface area (Å²) < 4.78 is 1.81. The van der Waals surface area contributed by atoms with Crippen LogP contribution < -0.4 is 11.1 Å². The average Bonchev–Trinajstić information content (AvgIpc) is 2.87. The molecule has 1 aromatic carbocycles. The Labute approximate surface area is 112 Å². The third-order valence-corrected chi connectivity index (χ3v) is 2.95. The molecule has 0 aliphatic rings. The summed E-state index contributed by atoms with van der Waals surface area (Å²) in [4.78, 5) is 16.0. The second-order valence-electron chi connectivity index (χ2n) is 4.39. The number of benzene rings is 1. The maximum atomic E-state index is 11.9. The van der Waals surface area contributed by atoms with E-state index >= 15 is 0 Å². The monoisotopic (exact) mass is 258 g/mol. The highest BCUT2D eigenvalue weighted by Gasteiger charge is 2.09. The van der Waals surface area contributed by atoms with E-state index in [1.807, 2.05) is 35.8 Å². The Bertz CT molecular complexity index is 562. The summed E-state index contributed by atoms with van der Waals surface area (Å²) >= 11 is 0. The summed E-state index contributed by atoms with van der Waals surface area (Å²) in [5.41, 5.74) is 8.14. The number of imidazole rings is 1. The zero-order chi connectivity index (χ0) is 13.7. The molecule has 2 aromatic rings. The number of nitrogens with zero attached hydrogens (tertiary/aromatic N) is 2. The van der Waals surface area contributed by atoms with E-state index in [1.165, 1.54) is 0 Å². The first-order valence-electron chi connectivity index (χ1n) is 6.25. The van der Waals surface area contributed by atoms with Crippen LogP contribution in [0, 0.1) is 6.92 Å². The predicted molar refractivity (Wildman–Crippen MR) is 73.6 cm³/mol. The molecule has 1 amide bonds. The van der Waals surface area contributed by atoms with Crippen molar-refractivity contribution in [2.24, 2.45) is 5.73 Å². The van der Waals surface area contributed by atoms with Gasteiger partial charge in [-0.1, -0.05) is 24.3 Å². The third kappa shape index (κ3) is 3.42. The Hall–Kier alpha value is -2.14. The molecular formula is C14H18N4O. The molecule has 0 radical (unpaired) electrons. The van der Waals surface area contributed by atoms with Gasteiger partial charge in [0.1, 0.15) is 5.69 Å². The van der Waals surface area contributed by atoms with Crippen molar-refractivity contribution in [3.63, 3.8) is 0 Å². The minimum atomic E-state index is -0.168. The van der Waals surface area contributed by atoms with Crippen LogP contribution in [-0.4, -0.2) is 22.0 Å². The van der Waals surface area contributed by atoms with Crippen molar-refractivity contribution in [2.75, 3.05) is 6.54 Å². The van der Waals surface area contributed by atoms with E-state index in [0.29, 0.717) is 25.3 Å². The molecule has 3 N–H and O–H groups in total. The molecule has 1 aromatic heterocycles. The Morgan fingerprint density at radius 3 is 2.95 bits per heavy atom. The number of rotatable bonds is 5. The molecular weight excluding hydrogens is 240 g/mol. The number of nitrogens with one attached hydrogen (secondary N) is 1. The minimum Gasteiger partial charge on any atom is -0.347 e. The average molecular weight is 258 g/mol. The highest BCUT2D eigenvalue weighted by molar-refractivity contribution is 5.91. The first kappa shape index (κ1) is 13.3. The fraction of sp³-hybridized carbons (Fsp3) is 0.286. The van der Waals surface area contributed by atoms with E-state index in [-0.39, 0.29) is 5.91 Å². The van der Waals surface area contributed by atoms with Gasteiger partial charge >= 0.3 is 0 Å². The van der Waals surface area contributed by atoms with Crippen LogP contribution in [0.15, 0.2) is 36.8 Å². The normalized spacial score (nSPS) is 10.4. The van der Waals surface area contributed by atoms with Crippen LogP contribution in [0.3, 0.4) is 0 Å². The van der Waals surface area contributed by atoms with Gasteiger partial charge in [-0.3, -0.25) is 4.79 Å². The molecule has 0 atom stereocenters. The standard InChI is InChI=1S/C14H18N4O/c1-11-4-2-3-5-12(11)8-16-14(19)13-9-18(7-6-15)10-17-13/h2-5,9-10H,6-8,15H2,1H3,(H,16,19). The van der Waals surface area contributed by atoms with Crippen molar-refractivity contribution in [1.29, 1.82) is 0 Å². The van der Waals surface area contributed by atoms with Crippen LogP contribution in [0.5, 0.6) is 0 Å². The molecule has 0 aliphatic carbocycles. The van der Waals surface area contributed by atoms with Gasteiger partial charge in [-0.05, 0) is 18.1 Å². The molecule has 5 nitrogen and oxygen atoms in total. The fourth-order valence-corrected chi connectivity index (χ4v) is 1.82. The number of carbonyl (C=O) groups is 1. The zero-order valence-corrected chi connectivity index (χ0v) is 11.0. The summed E-state index contributed by atoms with van der Waals surface area (Å²) in [6.45, 7) is 3.73. The molecule has 0 saturated heterocycles. The van der Waals surface area contributed by atoms with E-state index in [9.17, 15) is 4.79 Å². The van der Waals surface area contributed by atoms with Crippen molar-refractivity contribution in [3.8, 4) is 0 Å². The Morgan fingerprint density at radius 1 is 1.42 bits per heavy atom. The van der Waals surface area contributed by atoms with Crippen molar-refractivity contribution in [1.82, 2.24) is 14.9 Å². The number of aryl methyl sites for hydroxylation is 1. The molecule has 2 rings (SSSR count). The maximum absolute atomic E-state index is 11.9. The van der Waals surface area contributed by atoms with Crippen LogP contribution >= 0.6 is 0 Å². The molecule has 0 spiro atoms. The molecule has 0 unspecified atom stereocenters. The Kier molecular flexibility index (Phi) is 4.30. The molecule has 100 valence electrons. The van der Waals surface area contributed by atoms with Gasteiger partial charge in [0.05, 0.1) is 6.33 Å². The van der Waals surface area contributed by atoms with Crippen LogP contribution in [0.2, 0.25) is 0 Å². The highest BCUT2D eigenvalue weighted by Crippen LogP contribution is 2.06. The number of hydrogen-bond acceptors (Lipinski definition) is 3. The van der Waals surface area contributed by atoms with Crippen molar-refractivity contribution in [3.05, 3.63) is 53.6 Å². The maximum Gasteiger partial charge on any atom is 0.271 e. The van der Waals surface area contributed by atoms with E-state index in [0.717, 1.165) is 11.1 Å². The van der Waals surface area contributed by atoms with E-state index in [2.05, 4.69) is 10.3 Å². The first-order chi connectivity index (χ1) is 9.20. The first-order valence-corrected chi connectivity index (χ1v) is 6.25. The number of carbonyl (C=O) groups excluding carboxylic acids is 1. The number of aromatic nitrogens is 2. The lowest BCUT2D eigenvalue weighted by atomic mass is 10.1. The minimum absolute atomic E-state index is 0.168. The van der Waals surface area contributed by atoms with Gasteiger partial charge in [-0.15, -0.1) is 0 Å². The number of hydrogen-bond donors (Lipinski definition) is 2. The summed E-state index contributed by atoms with van der Waals surface area (Å²) in [5.74, 6) is -0.168. The summed E-state index contributed by atoms with van der Waals surface area (Å²) in [7, 11) is 0. The predicted octanol–water partition coefficient (Wildman–Crippen LogP) is 1.08. The zero-order valence-electron chi connectivity index (χ0n) is 11.0. The van der Waals surface area contributed by atoms with E-state index in [4.69, 9.17) is 5.73 Å². The van der Waals surface area contributed by atoms with Gasteiger partial charge in [0.25, 0.3) is 5.91 Å². The third-order valence-electron chi connectivity index (χ3n) is 2.95. The Balaban J connectivity index is 1.95. The Morgan fingerprint density at radius 2 is 2.21 bits per heavy atom. The van der Waals surface area contributed by atoms with Gasteiger partial charge in [-0.25, -0.2) is 4.98 Å². The van der Waals surface area contributed by atoms with Crippen molar-refractivity contribution in [2.45, 2.75) is 20.0 Å². The lowest BCUT2D eigenvalue weighted by Crippen LogP contribution is -2.23. The van der Waals surface area contributed by atoms with Crippen LogP contribution in [0.1, 0.15) is 21.6 Å². The second-order valence-corrected chi connectivity index (χ2v) is 4.39. The van der Waals surface area contributed by atoms with E-state index < -0.39 is 0 Å². The van der Waals surface area contributed by atoms with Gasteiger partial charge in [0.15, 0.2) is 0 Å². The molecule has 1 heterocycles. The highest BCUT2D eigenvalue weighted by atomic mass is 16.1. The van der Waals surface area contributed by atoms with E-state index in [1.54, 1.807) is 12.5 Å². The SMILES string of the molecule is Cc1ccccc1CNC(=O)c1cn(CCN)cn1. The molecule has 0 aliphatic heterocycles. The van der Waals surface area contributed by atoms with Crippen molar-refractivity contribution < 1.29 is 4.79 Å². The van der Waals surface area contributed by atoms with Crippen LogP contribution in [-0.2, 0) is 13.1 Å². The topological polar surface area (TPSA) is 72.9 Å². The fourth-order valence-electron chi connectivity index (χ4n) is 1.82. The smallest absolute Gasteiger partial charge is 0.271 e. The second kappa shape index (κ2) is 6.15. The molecule has 0 fully saturated rings. The quantitative estimate of drug-likeness (QED) is 0.843. The molecule has 5 heteroatoms. The summed E-state index contributed by atoms with van der Waals surface area (Å²) in [5, 5.41) is 2.87. The molecule has 19 heavy (non-hydrogen) atoms. The van der Waals surface area contributed by atoms with Gasteiger partial charge in [-0.2, -0.15) is 0 Å². The summed E-state index contributed by atoms with van der Waals surface area (Å²) in [6.07, 6.45) is 3.33. The van der Waals surface area contributed by atoms with Gasteiger partial charge in [0.2, 0.25) is 0 Å². The van der Waals surface area contributed by atoms with Crippen LogP contribution in [0.4, 0.5) is 0 Å². The number of amides is 1. The summed E-state index contributed by atoms with van der Waals surface area (Å²) in [6, 6.07) is 7.97. The van der Waals surface area contributed by atoms with Gasteiger partial charge in [0, 0.05) is 25.8 Å². The van der Waals surface area contributed by atoms with Gasteiger partial charge < -0.3 is 15.6 Å². The molecule has 0 saturated carbocycles. The number of nitrogens with two attached hydrogens (primary N) is 1. The largest absolute Gasteiger partial charge is 0.347 e. The molecule has 0 bridgehead atoms. The van der Waals surface area contributed by atoms with Crippen LogP contribution in [0.25, 0.3) is 0 Å². The lowest BCUT2D eigenvalue weighted by Gasteiger charge is -2.06.